The number of amides is 1. The number of hydrogen-bond donors (Lipinski definition) is 3. The van der Waals surface area contributed by atoms with Gasteiger partial charge in [-0.05, 0) is 30.9 Å². The predicted octanol–water partition coefficient (Wildman–Crippen LogP) is 0.182. The van der Waals surface area contributed by atoms with Crippen LogP contribution in [0.15, 0.2) is 6.07 Å². The Kier molecular flexibility index (Phi) is 4.52. The molecule has 4 N–H and O–H groups in total. The number of hydrogen-bond acceptors (Lipinski definition) is 5. The number of nitrogens with zero attached hydrogens (tertiary/aromatic N) is 1. The van der Waals surface area contributed by atoms with Gasteiger partial charge in [-0.3, -0.25) is 4.79 Å². The van der Waals surface area contributed by atoms with E-state index in [1.165, 1.54) is 0 Å². The van der Waals surface area contributed by atoms with Gasteiger partial charge in [0.25, 0.3) is 5.91 Å². The first-order valence-electron chi connectivity index (χ1n) is 6.44. The highest BCUT2D eigenvalue weighted by molar-refractivity contribution is 5.97. The molecule has 0 unspecified atom stereocenters. The van der Waals surface area contributed by atoms with Crippen molar-refractivity contribution in [3.63, 3.8) is 0 Å². The molecule has 0 radical (unpaired) electrons. The predicted molar refractivity (Wildman–Crippen MR) is 71.7 cm³/mol. The summed E-state index contributed by atoms with van der Waals surface area (Å²) in [5.74, 6) is -1.10. The summed E-state index contributed by atoms with van der Waals surface area (Å²) in [6.45, 7) is 0.227. The van der Waals surface area contributed by atoms with E-state index < -0.39 is 11.9 Å². The fourth-order valence-electron chi connectivity index (χ4n) is 2.20. The van der Waals surface area contributed by atoms with Crippen molar-refractivity contribution in [3.8, 4) is 0 Å². The number of carboxylic acids is 1. The Morgan fingerprint density at radius 1 is 1.45 bits per heavy atom. The van der Waals surface area contributed by atoms with Gasteiger partial charge in [0.15, 0.2) is 0 Å². The molecule has 20 heavy (non-hydrogen) atoms. The standard InChI is InChI=1S/C13H17N3O4/c14-12(19)9-6-8-2-1-3-10(8)16-13(9)15-4-5-20-7-11(17)18/h6H,1-5,7H2,(H2,14,19)(H,15,16)(H,17,18). The minimum atomic E-state index is -1.02. The van der Waals surface area contributed by atoms with Crippen LogP contribution in [0.25, 0.3) is 0 Å². The summed E-state index contributed by atoms with van der Waals surface area (Å²) in [4.78, 5) is 26.1. The molecule has 7 nitrogen and oxygen atoms in total. The molecule has 1 heterocycles. The summed E-state index contributed by atoms with van der Waals surface area (Å²) in [6.07, 6.45) is 2.86. The molecule has 0 atom stereocenters. The molecule has 1 aromatic rings. The average molecular weight is 279 g/mol. The van der Waals surface area contributed by atoms with E-state index in [-0.39, 0.29) is 13.2 Å². The zero-order chi connectivity index (χ0) is 14.5. The van der Waals surface area contributed by atoms with Crippen LogP contribution in [-0.2, 0) is 22.4 Å². The van der Waals surface area contributed by atoms with Gasteiger partial charge in [0.05, 0.1) is 12.2 Å². The first kappa shape index (κ1) is 14.3. The number of primary amides is 1. The largest absolute Gasteiger partial charge is 0.480 e. The van der Waals surface area contributed by atoms with Gasteiger partial charge < -0.3 is 20.9 Å². The van der Waals surface area contributed by atoms with Crippen LogP contribution in [0.1, 0.15) is 28.0 Å². The molecule has 0 spiro atoms. The van der Waals surface area contributed by atoms with Crippen molar-refractivity contribution in [1.29, 1.82) is 0 Å². The minimum Gasteiger partial charge on any atom is -0.480 e. The van der Waals surface area contributed by atoms with E-state index in [1.54, 1.807) is 6.07 Å². The smallest absolute Gasteiger partial charge is 0.329 e. The molecule has 108 valence electrons. The average Bonchev–Trinajstić information content (AvgIpc) is 2.83. The van der Waals surface area contributed by atoms with Gasteiger partial charge in [-0.25, -0.2) is 9.78 Å². The number of nitrogens with one attached hydrogen (secondary N) is 1. The van der Waals surface area contributed by atoms with Crippen molar-refractivity contribution in [2.75, 3.05) is 25.1 Å². The summed E-state index contributed by atoms with van der Waals surface area (Å²) in [5, 5.41) is 11.4. The zero-order valence-electron chi connectivity index (χ0n) is 11.0. The van der Waals surface area contributed by atoms with E-state index in [4.69, 9.17) is 15.6 Å². The van der Waals surface area contributed by atoms with Crippen molar-refractivity contribution in [1.82, 2.24) is 4.98 Å². The maximum atomic E-state index is 11.4. The van der Waals surface area contributed by atoms with Crippen LogP contribution in [0.4, 0.5) is 5.82 Å². The Morgan fingerprint density at radius 3 is 2.95 bits per heavy atom. The molecule has 7 heteroatoms. The number of pyridine rings is 1. The van der Waals surface area contributed by atoms with Crippen LogP contribution < -0.4 is 11.1 Å². The molecule has 0 fully saturated rings. The Morgan fingerprint density at radius 2 is 2.25 bits per heavy atom. The second kappa shape index (κ2) is 6.33. The molecule has 1 aliphatic carbocycles. The van der Waals surface area contributed by atoms with Gasteiger partial charge in [0.1, 0.15) is 12.4 Å². The minimum absolute atomic E-state index is 0.212. The number of carbonyl (C=O) groups excluding carboxylic acids is 1. The number of carboxylic acid groups (broad SMARTS) is 1. The summed E-state index contributed by atoms with van der Waals surface area (Å²) < 4.78 is 4.90. The van der Waals surface area contributed by atoms with E-state index in [2.05, 4.69) is 10.3 Å². The quantitative estimate of drug-likeness (QED) is 0.613. The number of aromatic nitrogens is 1. The lowest BCUT2D eigenvalue weighted by Crippen LogP contribution is -2.19. The maximum Gasteiger partial charge on any atom is 0.329 e. The van der Waals surface area contributed by atoms with Crippen molar-refractivity contribution in [2.24, 2.45) is 5.73 Å². The van der Waals surface area contributed by atoms with Crippen LogP contribution >= 0.6 is 0 Å². The Balaban J connectivity index is 1.99. The first-order valence-corrected chi connectivity index (χ1v) is 6.44. The molecular weight excluding hydrogens is 262 g/mol. The lowest BCUT2D eigenvalue weighted by Gasteiger charge is -2.11. The number of ether oxygens (including phenoxy) is 1. The molecular formula is C13H17N3O4. The molecule has 0 saturated heterocycles. The highest BCUT2D eigenvalue weighted by Gasteiger charge is 2.18. The third-order valence-electron chi connectivity index (χ3n) is 3.08. The second-order valence-corrected chi connectivity index (χ2v) is 4.58. The number of aliphatic carboxylic acids is 1. The van der Waals surface area contributed by atoms with Gasteiger partial charge in [-0.2, -0.15) is 0 Å². The zero-order valence-corrected chi connectivity index (χ0v) is 11.0. The molecule has 0 saturated carbocycles. The van der Waals surface area contributed by atoms with Gasteiger partial charge in [0.2, 0.25) is 0 Å². The number of anilines is 1. The topological polar surface area (TPSA) is 115 Å². The third-order valence-corrected chi connectivity index (χ3v) is 3.08. The summed E-state index contributed by atoms with van der Waals surface area (Å²) in [5.41, 5.74) is 7.78. The lowest BCUT2D eigenvalue weighted by atomic mass is 10.1. The van der Waals surface area contributed by atoms with Crippen LogP contribution in [0.5, 0.6) is 0 Å². The number of rotatable bonds is 7. The molecule has 2 rings (SSSR count). The Bertz CT molecular complexity index is 531. The van der Waals surface area contributed by atoms with Gasteiger partial charge in [0, 0.05) is 12.2 Å². The Labute approximate surface area is 116 Å². The van der Waals surface area contributed by atoms with Crippen molar-refractivity contribution < 1.29 is 19.4 Å². The highest BCUT2D eigenvalue weighted by Crippen LogP contribution is 2.24. The van der Waals surface area contributed by atoms with Crippen molar-refractivity contribution in [3.05, 3.63) is 22.9 Å². The Hall–Kier alpha value is -2.15. The van der Waals surface area contributed by atoms with Gasteiger partial charge in [-0.15, -0.1) is 0 Å². The van der Waals surface area contributed by atoms with E-state index in [0.29, 0.717) is 17.9 Å². The lowest BCUT2D eigenvalue weighted by molar-refractivity contribution is -0.142. The van der Waals surface area contributed by atoms with E-state index in [1.807, 2.05) is 0 Å². The van der Waals surface area contributed by atoms with Crippen LogP contribution in [-0.4, -0.2) is 41.7 Å². The number of aryl methyl sites for hydroxylation is 2. The molecule has 1 amide bonds. The van der Waals surface area contributed by atoms with E-state index >= 15 is 0 Å². The molecule has 1 aromatic heterocycles. The fourth-order valence-corrected chi connectivity index (χ4v) is 2.20. The molecule has 0 aliphatic heterocycles. The number of carbonyl (C=O) groups is 2. The highest BCUT2D eigenvalue weighted by atomic mass is 16.5. The normalized spacial score (nSPS) is 13.0. The summed E-state index contributed by atoms with van der Waals surface area (Å²) in [6, 6.07) is 1.79. The van der Waals surface area contributed by atoms with Crippen molar-refractivity contribution in [2.45, 2.75) is 19.3 Å². The summed E-state index contributed by atoms with van der Waals surface area (Å²) >= 11 is 0. The number of fused-ring (bicyclic) bond motifs is 1. The van der Waals surface area contributed by atoms with Crippen LogP contribution in [0.3, 0.4) is 0 Å². The summed E-state index contributed by atoms with van der Waals surface area (Å²) in [7, 11) is 0. The van der Waals surface area contributed by atoms with Crippen LogP contribution in [0, 0.1) is 0 Å². The fraction of sp³-hybridized carbons (Fsp3) is 0.462. The molecule has 0 aromatic carbocycles. The second-order valence-electron chi connectivity index (χ2n) is 4.58. The molecule has 1 aliphatic rings. The van der Waals surface area contributed by atoms with Gasteiger partial charge >= 0.3 is 5.97 Å². The monoisotopic (exact) mass is 279 g/mol. The SMILES string of the molecule is NC(=O)c1cc2c(nc1NCCOCC(=O)O)CCC2. The third kappa shape index (κ3) is 3.45. The number of nitrogens with two attached hydrogens (primary N) is 1. The maximum absolute atomic E-state index is 11.4. The van der Waals surface area contributed by atoms with Gasteiger partial charge in [-0.1, -0.05) is 0 Å². The van der Waals surface area contributed by atoms with E-state index in [0.717, 1.165) is 30.5 Å². The van der Waals surface area contributed by atoms with E-state index in [9.17, 15) is 9.59 Å². The van der Waals surface area contributed by atoms with Crippen molar-refractivity contribution >= 4 is 17.7 Å². The first-order chi connectivity index (χ1) is 9.58. The van der Waals surface area contributed by atoms with Crippen LogP contribution in [0.2, 0.25) is 0 Å². The molecule has 0 bridgehead atoms.